The quantitative estimate of drug-likeness (QED) is 0.757. The third kappa shape index (κ3) is 3.78. The molecule has 1 amide bonds. The second-order valence-electron chi connectivity index (χ2n) is 5.29. The van der Waals surface area contributed by atoms with Gasteiger partial charge in [-0.2, -0.15) is 5.10 Å². The molecule has 1 atom stereocenters. The normalized spacial score (nSPS) is 11.7. The van der Waals surface area contributed by atoms with Crippen LogP contribution in [0.2, 0.25) is 0 Å². The summed E-state index contributed by atoms with van der Waals surface area (Å²) in [5, 5.41) is 6.89. The van der Waals surface area contributed by atoms with Crippen LogP contribution in [0.1, 0.15) is 18.5 Å². The number of benzene rings is 2. The Morgan fingerprint density at radius 2 is 1.92 bits per heavy atom. The van der Waals surface area contributed by atoms with Crippen molar-refractivity contribution >= 4 is 5.91 Å². The Hall–Kier alpha value is -3.15. The van der Waals surface area contributed by atoms with Gasteiger partial charge in [0.25, 0.3) is 0 Å². The number of amides is 1. The second kappa shape index (κ2) is 7.41. The van der Waals surface area contributed by atoms with Crippen LogP contribution in [-0.4, -0.2) is 20.7 Å². The molecule has 0 aliphatic heterocycles. The van der Waals surface area contributed by atoms with E-state index in [0.717, 1.165) is 17.1 Å². The van der Waals surface area contributed by atoms with E-state index in [2.05, 4.69) is 15.4 Å². The van der Waals surface area contributed by atoms with Gasteiger partial charge in [0.15, 0.2) is 0 Å². The summed E-state index contributed by atoms with van der Waals surface area (Å²) < 4.78 is 7.41. The van der Waals surface area contributed by atoms with Gasteiger partial charge in [-0.3, -0.25) is 4.79 Å². The summed E-state index contributed by atoms with van der Waals surface area (Å²) in [6, 6.07) is 16.8. The lowest BCUT2D eigenvalue weighted by molar-refractivity contribution is -0.124. The first-order valence-corrected chi connectivity index (χ1v) is 7.66. The van der Waals surface area contributed by atoms with Gasteiger partial charge in [-0.1, -0.05) is 36.4 Å². The number of hydrogen-bond acceptors (Lipinski definition) is 4. The molecule has 0 fully saturated rings. The van der Waals surface area contributed by atoms with Gasteiger partial charge in [-0.25, -0.2) is 9.67 Å². The topological polar surface area (TPSA) is 69.0 Å². The van der Waals surface area contributed by atoms with E-state index in [1.54, 1.807) is 6.92 Å². The Labute approximate surface area is 140 Å². The molecule has 0 saturated heterocycles. The third-order valence-corrected chi connectivity index (χ3v) is 3.61. The molecule has 0 spiro atoms. The average molecular weight is 322 g/mol. The molecule has 0 aliphatic carbocycles. The zero-order valence-corrected chi connectivity index (χ0v) is 13.3. The van der Waals surface area contributed by atoms with Crippen LogP contribution in [0.4, 0.5) is 0 Å². The molecule has 122 valence electrons. The predicted octanol–water partition coefficient (Wildman–Crippen LogP) is 2.95. The lowest BCUT2D eigenvalue weighted by Gasteiger charge is -2.14. The molecule has 2 aromatic carbocycles. The van der Waals surface area contributed by atoms with Crippen LogP contribution in [0.3, 0.4) is 0 Å². The van der Waals surface area contributed by atoms with Gasteiger partial charge in [-0.05, 0) is 25.1 Å². The highest BCUT2D eigenvalue weighted by Crippen LogP contribution is 2.24. The molecule has 0 unspecified atom stereocenters. The summed E-state index contributed by atoms with van der Waals surface area (Å²) in [5.41, 5.74) is 0.903. The molecule has 1 N–H and O–H groups in total. The van der Waals surface area contributed by atoms with Crippen LogP contribution < -0.4 is 10.1 Å². The van der Waals surface area contributed by atoms with Crippen LogP contribution in [0.25, 0.3) is 0 Å². The lowest BCUT2D eigenvalue weighted by atomic mass is 10.2. The zero-order valence-electron chi connectivity index (χ0n) is 13.3. The van der Waals surface area contributed by atoms with E-state index in [1.807, 2.05) is 54.6 Å². The molecule has 3 aromatic rings. The summed E-state index contributed by atoms with van der Waals surface area (Å²) in [4.78, 5) is 16.1. The standard InChI is InChI=1S/C18H18N4O2/c1-14(22-13-19-12-21-22)18(23)20-11-15-7-5-6-10-17(15)24-16-8-3-2-4-9-16/h2-10,12-14H,11H2,1H3,(H,20,23)/t14-/m1/s1. The first kappa shape index (κ1) is 15.7. The van der Waals surface area contributed by atoms with Gasteiger partial charge < -0.3 is 10.1 Å². The fourth-order valence-electron chi connectivity index (χ4n) is 2.23. The average Bonchev–Trinajstić information content (AvgIpc) is 3.15. The van der Waals surface area contributed by atoms with Crippen molar-refractivity contribution in [3.63, 3.8) is 0 Å². The summed E-state index contributed by atoms with van der Waals surface area (Å²) in [6.45, 7) is 2.15. The number of nitrogens with zero attached hydrogens (tertiary/aromatic N) is 3. The van der Waals surface area contributed by atoms with Crippen molar-refractivity contribution in [3.8, 4) is 11.5 Å². The number of ether oxygens (including phenoxy) is 1. The molecular weight excluding hydrogens is 304 g/mol. The predicted molar refractivity (Wildman–Crippen MR) is 89.5 cm³/mol. The molecule has 1 heterocycles. The molecular formula is C18H18N4O2. The van der Waals surface area contributed by atoms with Crippen molar-refractivity contribution in [1.82, 2.24) is 20.1 Å². The smallest absolute Gasteiger partial charge is 0.244 e. The Balaban J connectivity index is 1.66. The number of carbonyl (C=O) groups excluding carboxylic acids is 1. The number of carbonyl (C=O) groups is 1. The number of rotatable bonds is 6. The SMILES string of the molecule is C[C@H](C(=O)NCc1ccccc1Oc1ccccc1)n1cncn1. The minimum atomic E-state index is -0.422. The fraction of sp³-hybridized carbons (Fsp3) is 0.167. The number of para-hydroxylation sites is 2. The van der Waals surface area contributed by atoms with Gasteiger partial charge in [0.05, 0.1) is 0 Å². The van der Waals surface area contributed by atoms with Gasteiger partial charge in [0.2, 0.25) is 5.91 Å². The number of nitrogens with one attached hydrogen (secondary N) is 1. The van der Waals surface area contributed by atoms with Crippen LogP contribution in [0.15, 0.2) is 67.3 Å². The highest BCUT2D eigenvalue weighted by Gasteiger charge is 2.15. The molecule has 0 aliphatic rings. The first-order chi connectivity index (χ1) is 11.7. The lowest BCUT2D eigenvalue weighted by Crippen LogP contribution is -2.30. The van der Waals surface area contributed by atoms with E-state index in [1.165, 1.54) is 17.3 Å². The minimum Gasteiger partial charge on any atom is -0.457 e. The highest BCUT2D eigenvalue weighted by molar-refractivity contribution is 5.79. The van der Waals surface area contributed by atoms with Crippen molar-refractivity contribution < 1.29 is 9.53 Å². The summed E-state index contributed by atoms with van der Waals surface area (Å²) in [7, 11) is 0. The third-order valence-electron chi connectivity index (χ3n) is 3.61. The highest BCUT2D eigenvalue weighted by atomic mass is 16.5. The van der Waals surface area contributed by atoms with E-state index in [0.29, 0.717) is 6.54 Å². The van der Waals surface area contributed by atoms with Gasteiger partial charge in [0, 0.05) is 12.1 Å². The van der Waals surface area contributed by atoms with Crippen molar-refractivity contribution in [1.29, 1.82) is 0 Å². The maximum atomic E-state index is 12.2. The maximum Gasteiger partial charge on any atom is 0.244 e. The van der Waals surface area contributed by atoms with E-state index >= 15 is 0 Å². The van der Waals surface area contributed by atoms with Crippen molar-refractivity contribution in [2.24, 2.45) is 0 Å². The Morgan fingerprint density at radius 3 is 2.67 bits per heavy atom. The number of aromatic nitrogens is 3. The van der Waals surface area contributed by atoms with Gasteiger partial charge >= 0.3 is 0 Å². The zero-order chi connectivity index (χ0) is 16.8. The van der Waals surface area contributed by atoms with Crippen LogP contribution in [0, 0.1) is 0 Å². The van der Waals surface area contributed by atoms with Crippen LogP contribution in [-0.2, 0) is 11.3 Å². The van der Waals surface area contributed by atoms with Crippen LogP contribution in [0.5, 0.6) is 11.5 Å². The summed E-state index contributed by atoms with van der Waals surface area (Å²) in [5.74, 6) is 1.35. The maximum absolute atomic E-state index is 12.2. The molecule has 6 heteroatoms. The molecule has 3 rings (SSSR count). The molecule has 0 bridgehead atoms. The van der Waals surface area contributed by atoms with Crippen LogP contribution >= 0.6 is 0 Å². The summed E-state index contributed by atoms with van der Waals surface area (Å²) >= 11 is 0. The van der Waals surface area contributed by atoms with Gasteiger partial charge in [0.1, 0.15) is 30.2 Å². The fourth-order valence-corrected chi connectivity index (χ4v) is 2.23. The largest absolute Gasteiger partial charge is 0.457 e. The van der Waals surface area contributed by atoms with Gasteiger partial charge in [-0.15, -0.1) is 0 Å². The molecule has 0 radical (unpaired) electrons. The minimum absolute atomic E-state index is 0.130. The Bertz CT molecular complexity index is 788. The summed E-state index contributed by atoms with van der Waals surface area (Å²) in [6.07, 6.45) is 2.93. The van der Waals surface area contributed by atoms with E-state index in [4.69, 9.17) is 4.74 Å². The van der Waals surface area contributed by atoms with Crippen molar-refractivity contribution in [2.45, 2.75) is 19.5 Å². The van der Waals surface area contributed by atoms with Crippen molar-refractivity contribution in [2.75, 3.05) is 0 Å². The molecule has 1 aromatic heterocycles. The Morgan fingerprint density at radius 1 is 1.17 bits per heavy atom. The molecule has 24 heavy (non-hydrogen) atoms. The molecule has 0 saturated carbocycles. The number of hydrogen-bond donors (Lipinski definition) is 1. The van der Waals surface area contributed by atoms with Crippen molar-refractivity contribution in [3.05, 3.63) is 72.8 Å². The van der Waals surface area contributed by atoms with E-state index < -0.39 is 6.04 Å². The monoisotopic (exact) mass is 322 g/mol. The first-order valence-electron chi connectivity index (χ1n) is 7.66. The second-order valence-corrected chi connectivity index (χ2v) is 5.29. The Kier molecular flexibility index (Phi) is 4.86. The molecule has 6 nitrogen and oxygen atoms in total. The van der Waals surface area contributed by atoms with E-state index in [9.17, 15) is 4.79 Å². The van der Waals surface area contributed by atoms with E-state index in [-0.39, 0.29) is 5.91 Å².